The fourth-order valence-corrected chi connectivity index (χ4v) is 2.46. The quantitative estimate of drug-likeness (QED) is 0.779. The minimum atomic E-state index is 0.0935. The molecule has 0 fully saturated rings. The Kier molecular flexibility index (Phi) is 6.23. The summed E-state index contributed by atoms with van der Waals surface area (Å²) in [5, 5.41) is 7.02. The Balaban J connectivity index is 1.94. The first-order valence-corrected chi connectivity index (χ1v) is 7.97. The summed E-state index contributed by atoms with van der Waals surface area (Å²) >= 11 is 5.38. The first kappa shape index (κ1) is 17.1. The van der Waals surface area contributed by atoms with E-state index in [0.29, 0.717) is 11.7 Å². The average Bonchev–Trinajstić information content (AvgIpc) is 2.55. The van der Waals surface area contributed by atoms with Crippen LogP contribution in [0.2, 0.25) is 0 Å². The van der Waals surface area contributed by atoms with Gasteiger partial charge in [-0.1, -0.05) is 18.2 Å². The van der Waals surface area contributed by atoms with Crippen LogP contribution in [0.4, 0.5) is 5.69 Å². The maximum absolute atomic E-state index is 5.48. The monoisotopic (exact) mass is 330 g/mol. The van der Waals surface area contributed by atoms with Gasteiger partial charge >= 0.3 is 0 Å². The van der Waals surface area contributed by atoms with Crippen LogP contribution in [0, 0.1) is 0 Å². The summed E-state index contributed by atoms with van der Waals surface area (Å²) in [5.41, 5.74) is 2.04. The van der Waals surface area contributed by atoms with Gasteiger partial charge in [0, 0.05) is 11.8 Å². The van der Waals surface area contributed by atoms with Crippen molar-refractivity contribution >= 4 is 23.0 Å². The molecule has 0 amide bonds. The van der Waals surface area contributed by atoms with Gasteiger partial charge in [-0.2, -0.15) is 0 Å². The number of rotatable bonds is 6. The normalized spacial score (nSPS) is 11.4. The molecule has 0 spiro atoms. The maximum Gasteiger partial charge on any atom is 0.171 e. The van der Waals surface area contributed by atoms with Crippen LogP contribution in [0.15, 0.2) is 48.5 Å². The molecule has 5 heteroatoms. The number of thiocarbonyl (C=S) groups is 1. The molecule has 0 aromatic heterocycles. The SMILES string of the molecule is CCOc1cccc(NC(=S)N[C@H](C)c2ccc(OC)cc2)c1. The van der Waals surface area contributed by atoms with Gasteiger partial charge in [-0.3, -0.25) is 0 Å². The molecule has 122 valence electrons. The Bertz CT molecular complexity index is 644. The van der Waals surface area contributed by atoms with E-state index in [0.717, 1.165) is 22.7 Å². The number of anilines is 1. The number of hydrogen-bond donors (Lipinski definition) is 2. The molecule has 0 aliphatic heterocycles. The van der Waals surface area contributed by atoms with Crippen LogP contribution in [0.1, 0.15) is 25.5 Å². The second-order valence-corrected chi connectivity index (χ2v) is 5.46. The minimum absolute atomic E-state index is 0.0935. The van der Waals surface area contributed by atoms with E-state index in [1.54, 1.807) is 7.11 Å². The highest BCUT2D eigenvalue weighted by Crippen LogP contribution is 2.19. The molecule has 1 atom stereocenters. The molecule has 2 N–H and O–H groups in total. The van der Waals surface area contributed by atoms with Crippen molar-refractivity contribution in [3.63, 3.8) is 0 Å². The van der Waals surface area contributed by atoms with Gasteiger partial charge in [-0.15, -0.1) is 0 Å². The molecule has 23 heavy (non-hydrogen) atoms. The van der Waals surface area contributed by atoms with Gasteiger partial charge in [0.25, 0.3) is 0 Å². The summed E-state index contributed by atoms with van der Waals surface area (Å²) in [4.78, 5) is 0. The zero-order valence-corrected chi connectivity index (χ0v) is 14.4. The van der Waals surface area contributed by atoms with E-state index in [2.05, 4.69) is 17.6 Å². The van der Waals surface area contributed by atoms with Crippen molar-refractivity contribution in [3.05, 3.63) is 54.1 Å². The summed E-state index contributed by atoms with van der Waals surface area (Å²) in [6.07, 6.45) is 0. The zero-order chi connectivity index (χ0) is 16.7. The van der Waals surface area contributed by atoms with Gasteiger partial charge in [-0.05, 0) is 55.9 Å². The van der Waals surface area contributed by atoms with E-state index in [-0.39, 0.29) is 6.04 Å². The van der Waals surface area contributed by atoms with Gasteiger partial charge in [0.1, 0.15) is 11.5 Å². The van der Waals surface area contributed by atoms with E-state index in [4.69, 9.17) is 21.7 Å². The predicted octanol–water partition coefficient (Wildman–Crippen LogP) is 4.14. The molecule has 0 bridgehead atoms. The van der Waals surface area contributed by atoms with Crippen molar-refractivity contribution in [2.45, 2.75) is 19.9 Å². The molecular formula is C18H22N2O2S. The molecule has 4 nitrogen and oxygen atoms in total. The average molecular weight is 330 g/mol. The molecule has 0 heterocycles. The predicted molar refractivity (Wildman–Crippen MR) is 98.4 cm³/mol. The lowest BCUT2D eigenvalue weighted by Gasteiger charge is -2.18. The molecule has 0 aliphatic rings. The Morgan fingerprint density at radius 2 is 1.87 bits per heavy atom. The topological polar surface area (TPSA) is 42.5 Å². The largest absolute Gasteiger partial charge is 0.497 e. The summed E-state index contributed by atoms with van der Waals surface area (Å²) in [6.45, 7) is 4.66. The smallest absolute Gasteiger partial charge is 0.171 e. The molecule has 2 rings (SSSR count). The van der Waals surface area contributed by atoms with Crippen molar-refractivity contribution < 1.29 is 9.47 Å². The van der Waals surface area contributed by atoms with Crippen molar-refractivity contribution in [2.24, 2.45) is 0 Å². The lowest BCUT2D eigenvalue weighted by atomic mass is 10.1. The Morgan fingerprint density at radius 3 is 2.52 bits per heavy atom. The lowest BCUT2D eigenvalue weighted by Crippen LogP contribution is -2.30. The number of nitrogens with one attached hydrogen (secondary N) is 2. The molecule has 0 saturated heterocycles. The Labute approximate surface area is 142 Å². The summed E-state index contributed by atoms with van der Waals surface area (Å²) in [6, 6.07) is 15.8. The van der Waals surface area contributed by atoms with Crippen molar-refractivity contribution in [1.82, 2.24) is 5.32 Å². The van der Waals surface area contributed by atoms with Crippen molar-refractivity contribution in [2.75, 3.05) is 19.0 Å². The fraction of sp³-hybridized carbons (Fsp3) is 0.278. The highest BCUT2D eigenvalue weighted by molar-refractivity contribution is 7.80. The fourth-order valence-electron chi connectivity index (χ4n) is 2.17. The molecule has 0 aliphatic carbocycles. The second-order valence-electron chi connectivity index (χ2n) is 5.05. The number of methoxy groups -OCH3 is 1. The van der Waals surface area contributed by atoms with E-state index >= 15 is 0 Å². The summed E-state index contributed by atoms with van der Waals surface area (Å²) < 4.78 is 10.7. The molecule has 2 aromatic rings. The minimum Gasteiger partial charge on any atom is -0.497 e. The maximum atomic E-state index is 5.48. The van der Waals surface area contributed by atoms with Crippen LogP contribution in [0.25, 0.3) is 0 Å². The van der Waals surface area contributed by atoms with Gasteiger partial charge in [0.15, 0.2) is 5.11 Å². The first-order valence-electron chi connectivity index (χ1n) is 7.56. The van der Waals surface area contributed by atoms with Crippen LogP contribution in [-0.2, 0) is 0 Å². The van der Waals surface area contributed by atoms with Crippen LogP contribution in [0.3, 0.4) is 0 Å². The van der Waals surface area contributed by atoms with E-state index in [9.17, 15) is 0 Å². The van der Waals surface area contributed by atoms with Gasteiger partial charge in [0.05, 0.1) is 19.8 Å². The standard InChI is InChI=1S/C18H22N2O2S/c1-4-22-17-7-5-6-15(12-17)20-18(23)19-13(2)14-8-10-16(21-3)11-9-14/h5-13H,4H2,1-3H3,(H2,19,20,23)/t13-/m1/s1. The number of benzene rings is 2. The van der Waals surface area contributed by atoms with E-state index in [1.807, 2.05) is 55.5 Å². The van der Waals surface area contributed by atoms with Crippen LogP contribution in [-0.4, -0.2) is 18.8 Å². The lowest BCUT2D eigenvalue weighted by molar-refractivity contribution is 0.340. The highest BCUT2D eigenvalue weighted by atomic mass is 32.1. The third kappa shape index (κ3) is 5.14. The molecule has 0 saturated carbocycles. The summed E-state index contributed by atoms with van der Waals surface area (Å²) in [7, 11) is 1.66. The molecule has 2 aromatic carbocycles. The Hall–Kier alpha value is -2.27. The van der Waals surface area contributed by atoms with E-state index in [1.165, 1.54) is 0 Å². The van der Waals surface area contributed by atoms with Crippen molar-refractivity contribution in [1.29, 1.82) is 0 Å². The number of hydrogen-bond acceptors (Lipinski definition) is 3. The van der Waals surface area contributed by atoms with E-state index < -0.39 is 0 Å². The van der Waals surface area contributed by atoms with Gasteiger partial charge < -0.3 is 20.1 Å². The highest BCUT2D eigenvalue weighted by Gasteiger charge is 2.07. The molecular weight excluding hydrogens is 308 g/mol. The van der Waals surface area contributed by atoms with Crippen LogP contribution in [0.5, 0.6) is 11.5 Å². The van der Waals surface area contributed by atoms with Crippen LogP contribution >= 0.6 is 12.2 Å². The van der Waals surface area contributed by atoms with Crippen LogP contribution < -0.4 is 20.1 Å². The zero-order valence-electron chi connectivity index (χ0n) is 13.6. The van der Waals surface area contributed by atoms with Gasteiger partial charge in [-0.25, -0.2) is 0 Å². The molecule has 0 unspecified atom stereocenters. The Morgan fingerprint density at radius 1 is 1.13 bits per heavy atom. The second kappa shape index (κ2) is 8.39. The first-order chi connectivity index (χ1) is 11.1. The number of ether oxygens (including phenoxy) is 2. The van der Waals surface area contributed by atoms with Gasteiger partial charge in [0.2, 0.25) is 0 Å². The summed E-state index contributed by atoms with van der Waals surface area (Å²) in [5.74, 6) is 1.66. The third-order valence-electron chi connectivity index (χ3n) is 3.37. The third-order valence-corrected chi connectivity index (χ3v) is 3.59. The molecule has 0 radical (unpaired) electrons. The van der Waals surface area contributed by atoms with Crippen molar-refractivity contribution in [3.8, 4) is 11.5 Å².